The summed E-state index contributed by atoms with van der Waals surface area (Å²) in [6.45, 7) is 9.40. The third-order valence-electron chi connectivity index (χ3n) is 3.21. The smallest absolute Gasteiger partial charge is 0.0900 e. The molecule has 0 aromatic carbocycles. The van der Waals surface area contributed by atoms with Gasteiger partial charge in [-0.2, -0.15) is 0 Å². The van der Waals surface area contributed by atoms with Crippen molar-refractivity contribution in [2.45, 2.75) is 58.3 Å². The first-order valence-electron chi connectivity index (χ1n) is 6.32. The predicted molar refractivity (Wildman–Crippen MR) is 66.5 cm³/mol. The van der Waals surface area contributed by atoms with Gasteiger partial charge in [0.25, 0.3) is 0 Å². The third-order valence-corrected chi connectivity index (χ3v) is 3.21. The van der Waals surface area contributed by atoms with Crippen LogP contribution in [0.25, 0.3) is 0 Å². The predicted octanol–water partition coefficient (Wildman–Crippen LogP) is 1.89. The van der Waals surface area contributed by atoms with E-state index in [0.29, 0.717) is 19.2 Å². The normalized spacial score (nSPS) is 21.2. The van der Waals surface area contributed by atoms with Crippen molar-refractivity contribution in [3.05, 3.63) is 0 Å². The second-order valence-electron chi connectivity index (χ2n) is 6.09. The Bertz CT molecular complexity index is 208. The molecule has 1 rings (SSSR count). The van der Waals surface area contributed by atoms with Gasteiger partial charge >= 0.3 is 0 Å². The zero-order valence-electron chi connectivity index (χ0n) is 11.4. The van der Waals surface area contributed by atoms with E-state index in [1.54, 1.807) is 0 Å². The molecule has 0 aliphatic heterocycles. The fraction of sp³-hybridized carbons (Fsp3) is 1.00. The summed E-state index contributed by atoms with van der Waals surface area (Å²) < 4.78 is 5.57. The first-order valence-corrected chi connectivity index (χ1v) is 6.32. The Kier molecular flexibility index (Phi) is 4.77. The van der Waals surface area contributed by atoms with Crippen LogP contribution in [0.5, 0.6) is 0 Å². The summed E-state index contributed by atoms with van der Waals surface area (Å²) in [5.41, 5.74) is -0.165. The van der Waals surface area contributed by atoms with Crippen molar-refractivity contribution >= 4 is 0 Å². The molecule has 0 aromatic rings. The largest absolute Gasteiger partial charge is 0.389 e. The molecule has 0 spiro atoms. The molecule has 1 aliphatic carbocycles. The fourth-order valence-corrected chi connectivity index (χ4v) is 1.84. The Hall–Kier alpha value is -0.120. The Balaban J connectivity index is 2.19. The molecule has 0 heterocycles. The SMILES string of the molecule is CC(C1CC1)N(C)CC(O)COC(C)(C)C. The van der Waals surface area contributed by atoms with E-state index in [1.807, 2.05) is 20.8 Å². The van der Waals surface area contributed by atoms with Gasteiger partial charge in [-0.1, -0.05) is 0 Å². The summed E-state index contributed by atoms with van der Waals surface area (Å²) in [7, 11) is 2.09. The Morgan fingerprint density at radius 1 is 1.38 bits per heavy atom. The van der Waals surface area contributed by atoms with E-state index in [1.165, 1.54) is 12.8 Å². The van der Waals surface area contributed by atoms with Crippen LogP contribution in [0.1, 0.15) is 40.5 Å². The van der Waals surface area contributed by atoms with Crippen LogP contribution in [0, 0.1) is 5.92 Å². The lowest BCUT2D eigenvalue weighted by Gasteiger charge is -2.28. The van der Waals surface area contributed by atoms with E-state index in [2.05, 4.69) is 18.9 Å². The van der Waals surface area contributed by atoms with Crippen LogP contribution < -0.4 is 0 Å². The summed E-state index contributed by atoms with van der Waals surface area (Å²) in [6.07, 6.45) is 2.31. The number of aliphatic hydroxyl groups is 1. The molecule has 0 bridgehead atoms. The first kappa shape index (κ1) is 13.9. The molecule has 2 unspecified atom stereocenters. The van der Waals surface area contributed by atoms with Crippen LogP contribution in [0.4, 0.5) is 0 Å². The monoisotopic (exact) mass is 229 g/mol. The van der Waals surface area contributed by atoms with Crippen molar-refractivity contribution in [1.29, 1.82) is 0 Å². The summed E-state index contributed by atoms with van der Waals surface area (Å²) >= 11 is 0. The number of hydrogen-bond donors (Lipinski definition) is 1. The van der Waals surface area contributed by atoms with E-state index < -0.39 is 0 Å². The van der Waals surface area contributed by atoms with Crippen molar-refractivity contribution in [2.24, 2.45) is 5.92 Å². The van der Waals surface area contributed by atoms with Gasteiger partial charge in [-0.05, 0) is 53.5 Å². The van der Waals surface area contributed by atoms with Gasteiger partial charge in [0.05, 0.1) is 18.3 Å². The first-order chi connectivity index (χ1) is 7.29. The molecule has 0 saturated heterocycles. The molecular formula is C13H27NO2. The fourth-order valence-electron chi connectivity index (χ4n) is 1.84. The molecule has 96 valence electrons. The molecule has 16 heavy (non-hydrogen) atoms. The van der Waals surface area contributed by atoms with Crippen molar-refractivity contribution in [3.63, 3.8) is 0 Å². The molecule has 0 radical (unpaired) electrons. The molecule has 3 nitrogen and oxygen atoms in total. The summed E-state index contributed by atoms with van der Waals surface area (Å²) in [6, 6.07) is 0.587. The van der Waals surface area contributed by atoms with E-state index in [9.17, 15) is 5.11 Å². The van der Waals surface area contributed by atoms with Crippen LogP contribution in [0.2, 0.25) is 0 Å². The lowest BCUT2D eigenvalue weighted by atomic mass is 10.1. The van der Waals surface area contributed by atoms with Crippen LogP contribution in [-0.4, -0.2) is 48.0 Å². The van der Waals surface area contributed by atoms with Crippen LogP contribution in [0.15, 0.2) is 0 Å². The Labute approximate surface area is 99.8 Å². The minimum atomic E-state index is -0.384. The highest BCUT2D eigenvalue weighted by Gasteiger charge is 2.31. The van der Waals surface area contributed by atoms with Crippen molar-refractivity contribution in [3.8, 4) is 0 Å². The van der Waals surface area contributed by atoms with E-state index in [-0.39, 0.29) is 11.7 Å². The van der Waals surface area contributed by atoms with Gasteiger partial charge in [-0.15, -0.1) is 0 Å². The number of rotatable bonds is 6. The maximum atomic E-state index is 9.87. The standard InChI is InChI=1S/C13H27NO2/c1-10(11-6-7-11)14(5)8-12(15)9-16-13(2,3)4/h10-12,15H,6-9H2,1-5H3. The number of likely N-dealkylation sites (N-methyl/N-ethyl adjacent to an activating group) is 1. The van der Waals surface area contributed by atoms with Gasteiger partial charge < -0.3 is 14.7 Å². The maximum Gasteiger partial charge on any atom is 0.0900 e. The zero-order chi connectivity index (χ0) is 12.3. The van der Waals surface area contributed by atoms with Gasteiger partial charge in [0.2, 0.25) is 0 Å². The van der Waals surface area contributed by atoms with Crippen molar-refractivity contribution < 1.29 is 9.84 Å². The highest BCUT2D eigenvalue weighted by Crippen LogP contribution is 2.34. The zero-order valence-corrected chi connectivity index (χ0v) is 11.4. The topological polar surface area (TPSA) is 32.7 Å². The lowest BCUT2D eigenvalue weighted by Crippen LogP contribution is -2.39. The van der Waals surface area contributed by atoms with Crippen LogP contribution in [0.3, 0.4) is 0 Å². The van der Waals surface area contributed by atoms with E-state index >= 15 is 0 Å². The number of nitrogens with zero attached hydrogens (tertiary/aromatic N) is 1. The minimum absolute atomic E-state index is 0.165. The van der Waals surface area contributed by atoms with Gasteiger partial charge in [0.1, 0.15) is 0 Å². The van der Waals surface area contributed by atoms with Gasteiger partial charge in [0.15, 0.2) is 0 Å². The molecule has 1 aliphatic rings. The molecular weight excluding hydrogens is 202 g/mol. The summed E-state index contributed by atoms with van der Waals surface area (Å²) in [5, 5.41) is 9.87. The highest BCUT2D eigenvalue weighted by atomic mass is 16.5. The van der Waals surface area contributed by atoms with Gasteiger partial charge in [-0.3, -0.25) is 0 Å². The number of hydrogen-bond acceptors (Lipinski definition) is 3. The molecule has 2 atom stereocenters. The van der Waals surface area contributed by atoms with Crippen molar-refractivity contribution in [2.75, 3.05) is 20.2 Å². The average molecular weight is 229 g/mol. The number of aliphatic hydroxyl groups excluding tert-OH is 1. The molecule has 1 N–H and O–H groups in total. The summed E-state index contributed by atoms with van der Waals surface area (Å²) in [5.74, 6) is 0.848. The summed E-state index contributed by atoms with van der Waals surface area (Å²) in [4.78, 5) is 2.24. The molecule has 3 heteroatoms. The second-order valence-corrected chi connectivity index (χ2v) is 6.09. The second kappa shape index (κ2) is 5.48. The lowest BCUT2D eigenvalue weighted by molar-refractivity contribution is -0.0570. The Morgan fingerprint density at radius 3 is 2.38 bits per heavy atom. The molecule has 1 fully saturated rings. The maximum absolute atomic E-state index is 9.87. The van der Waals surface area contributed by atoms with Crippen LogP contribution >= 0.6 is 0 Å². The molecule has 0 aromatic heterocycles. The van der Waals surface area contributed by atoms with Gasteiger partial charge in [0, 0.05) is 12.6 Å². The number of ether oxygens (including phenoxy) is 1. The van der Waals surface area contributed by atoms with Gasteiger partial charge in [-0.25, -0.2) is 0 Å². The minimum Gasteiger partial charge on any atom is -0.389 e. The molecule has 1 saturated carbocycles. The van der Waals surface area contributed by atoms with E-state index in [0.717, 1.165) is 5.92 Å². The quantitative estimate of drug-likeness (QED) is 0.755. The average Bonchev–Trinajstić information content (AvgIpc) is 2.95. The third kappa shape index (κ3) is 5.28. The van der Waals surface area contributed by atoms with Crippen molar-refractivity contribution in [1.82, 2.24) is 4.90 Å². The molecule has 0 amide bonds. The van der Waals surface area contributed by atoms with E-state index in [4.69, 9.17) is 4.74 Å². The Morgan fingerprint density at radius 2 is 1.94 bits per heavy atom. The van der Waals surface area contributed by atoms with Crippen LogP contribution in [-0.2, 0) is 4.74 Å². The highest BCUT2D eigenvalue weighted by molar-refractivity contribution is 4.84.